The van der Waals surface area contributed by atoms with Crippen LogP contribution in [0.25, 0.3) is 0 Å². The zero-order valence-electron chi connectivity index (χ0n) is 16.3. The lowest BCUT2D eigenvalue weighted by molar-refractivity contribution is -0.120. The molecule has 0 aromatic heterocycles. The van der Waals surface area contributed by atoms with E-state index in [1.807, 2.05) is 62.4 Å². The van der Waals surface area contributed by atoms with Crippen molar-refractivity contribution in [2.24, 2.45) is 0 Å². The predicted octanol–water partition coefficient (Wildman–Crippen LogP) is 3.70. The highest BCUT2D eigenvalue weighted by Crippen LogP contribution is 2.28. The predicted molar refractivity (Wildman–Crippen MR) is 108 cm³/mol. The minimum atomic E-state index is -0.464. The maximum Gasteiger partial charge on any atom is 0.249 e. The summed E-state index contributed by atoms with van der Waals surface area (Å²) in [7, 11) is 2.72. The molecule has 3 rings (SSSR count). The van der Waals surface area contributed by atoms with Gasteiger partial charge in [-0.2, -0.15) is 0 Å². The smallest absolute Gasteiger partial charge is 0.249 e. The second-order valence-corrected chi connectivity index (χ2v) is 6.46. The first-order chi connectivity index (χ1) is 13.4. The lowest BCUT2D eigenvalue weighted by atomic mass is 10.0. The molecule has 2 aromatic rings. The Bertz CT molecular complexity index is 889. The highest BCUT2D eigenvalue weighted by molar-refractivity contribution is 6.25. The third-order valence-electron chi connectivity index (χ3n) is 4.37. The van der Waals surface area contributed by atoms with Crippen LogP contribution in [0.15, 0.2) is 71.4 Å². The molecule has 28 heavy (non-hydrogen) atoms. The fraction of sp³-hybridized carbons (Fsp3) is 0.182. The van der Waals surface area contributed by atoms with Crippen LogP contribution >= 0.6 is 0 Å². The molecule has 2 aromatic carbocycles. The third-order valence-corrected chi connectivity index (χ3v) is 4.37. The molecule has 0 aliphatic heterocycles. The van der Waals surface area contributed by atoms with Gasteiger partial charge in [0.15, 0.2) is 11.5 Å². The number of aryl methyl sites for hydroxylation is 2. The Kier molecular flexibility index (Phi) is 5.49. The van der Waals surface area contributed by atoms with E-state index in [9.17, 15) is 9.59 Å². The summed E-state index contributed by atoms with van der Waals surface area (Å²) in [6.07, 6.45) is 0. The van der Waals surface area contributed by atoms with Crippen molar-refractivity contribution in [2.45, 2.75) is 13.8 Å². The van der Waals surface area contributed by atoms with Gasteiger partial charge < -0.3 is 20.1 Å². The monoisotopic (exact) mass is 378 g/mol. The Balaban J connectivity index is 1.97. The van der Waals surface area contributed by atoms with E-state index in [2.05, 4.69) is 10.6 Å². The van der Waals surface area contributed by atoms with E-state index in [0.29, 0.717) is 11.4 Å². The molecule has 0 saturated carbocycles. The van der Waals surface area contributed by atoms with Crippen molar-refractivity contribution in [3.8, 4) is 0 Å². The van der Waals surface area contributed by atoms with Gasteiger partial charge in [-0.15, -0.1) is 0 Å². The van der Waals surface area contributed by atoms with Crippen LogP contribution in [0.4, 0.5) is 11.4 Å². The number of rotatable bonds is 6. The minimum absolute atomic E-state index is 0.0441. The molecular weight excluding hydrogens is 356 g/mol. The molecule has 0 fully saturated rings. The maximum atomic E-state index is 13.0. The SMILES string of the molecule is COC1=C(Nc2ccc(C)cc2)C(=O)C(OC)=C(Nc2ccc(C)cc2)C1=O. The van der Waals surface area contributed by atoms with Crippen molar-refractivity contribution >= 4 is 22.9 Å². The fourth-order valence-electron chi connectivity index (χ4n) is 2.84. The molecule has 2 N–H and O–H groups in total. The summed E-state index contributed by atoms with van der Waals surface area (Å²) in [6, 6.07) is 14.9. The van der Waals surface area contributed by atoms with E-state index in [-0.39, 0.29) is 22.9 Å². The van der Waals surface area contributed by atoms with E-state index in [0.717, 1.165) is 11.1 Å². The van der Waals surface area contributed by atoms with Crippen molar-refractivity contribution in [3.63, 3.8) is 0 Å². The number of ether oxygens (including phenoxy) is 2. The standard InChI is InChI=1S/C22H22N2O4/c1-13-5-9-15(10-6-13)23-17-19(25)22(28-4)18(20(26)21(17)27-3)24-16-11-7-14(2)8-12-16/h5-12,23-24H,1-4H3. The molecule has 0 bridgehead atoms. The molecule has 6 heteroatoms. The Morgan fingerprint density at radius 2 is 0.929 bits per heavy atom. The summed E-state index contributed by atoms with van der Waals surface area (Å²) in [6.45, 7) is 3.93. The van der Waals surface area contributed by atoms with Crippen LogP contribution in [-0.4, -0.2) is 25.8 Å². The molecule has 0 heterocycles. The quantitative estimate of drug-likeness (QED) is 0.747. The number of benzene rings is 2. The zero-order chi connectivity index (χ0) is 20.3. The van der Waals surface area contributed by atoms with Crippen molar-refractivity contribution in [3.05, 3.63) is 82.6 Å². The number of hydrogen-bond acceptors (Lipinski definition) is 6. The number of hydrogen-bond donors (Lipinski definition) is 2. The Hall–Kier alpha value is -3.54. The Labute approximate surface area is 163 Å². The molecule has 0 unspecified atom stereocenters. The van der Waals surface area contributed by atoms with Gasteiger partial charge in [0.2, 0.25) is 11.6 Å². The average molecular weight is 378 g/mol. The van der Waals surface area contributed by atoms with E-state index in [4.69, 9.17) is 9.47 Å². The Morgan fingerprint density at radius 3 is 1.21 bits per heavy atom. The van der Waals surface area contributed by atoms with Crippen LogP contribution in [0, 0.1) is 13.8 Å². The molecular formula is C22H22N2O4. The molecule has 6 nitrogen and oxygen atoms in total. The van der Waals surface area contributed by atoms with Crippen LogP contribution in [0.5, 0.6) is 0 Å². The zero-order valence-corrected chi connectivity index (χ0v) is 16.3. The molecule has 1 aliphatic rings. The highest BCUT2D eigenvalue weighted by atomic mass is 16.5. The largest absolute Gasteiger partial charge is 0.491 e. The molecule has 0 spiro atoms. The summed E-state index contributed by atoms with van der Waals surface area (Å²) in [4.78, 5) is 26.0. The fourth-order valence-corrected chi connectivity index (χ4v) is 2.84. The lowest BCUT2D eigenvalue weighted by Crippen LogP contribution is -2.32. The van der Waals surface area contributed by atoms with Crippen LogP contribution in [0.2, 0.25) is 0 Å². The van der Waals surface area contributed by atoms with Gasteiger partial charge in [-0.05, 0) is 38.1 Å². The number of nitrogens with one attached hydrogen (secondary N) is 2. The molecule has 144 valence electrons. The van der Waals surface area contributed by atoms with Crippen molar-refractivity contribution in [1.29, 1.82) is 0 Å². The molecule has 0 saturated heterocycles. The normalized spacial score (nSPS) is 14.3. The second-order valence-electron chi connectivity index (χ2n) is 6.46. The van der Waals surface area contributed by atoms with Gasteiger partial charge in [0.1, 0.15) is 11.4 Å². The number of carbonyl (C=O) groups is 2. The van der Waals surface area contributed by atoms with E-state index in [1.165, 1.54) is 14.2 Å². The first kappa shape index (κ1) is 19.2. The summed E-state index contributed by atoms with van der Waals surface area (Å²) in [5.41, 5.74) is 3.59. The van der Waals surface area contributed by atoms with Crippen LogP contribution in [0.1, 0.15) is 11.1 Å². The van der Waals surface area contributed by atoms with E-state index < -0.39 is 11.6 Å². The number of anilines is 2. The minimum Gasteiger partial charge on any atom is -0.491 e. The van der Waals surface area contributed by atoms with E-state index >= 15 is 0 Å². The van der Waals surface area contributed by atoms with Gasteiger partial charge in [0, 0.05) is 11.4 Å². The van der Waals surface area contributed by atoms with E-state index in [1.54, 1.807) is 0 Å². The Morgan fingerprint density at radius 1 is 0.607 bits per heavy atom. The first-order valence-corrected chi connectivity index (χ1v) is 8.78. The summed E-state index contributed by atoms with van der Waals surface area (Å²) in [5.74, 6) is -1.06. The summed E-state index contributed by atoms with van der Waals surface area (Å²) < 4.78 is 10.6. The van der Waals surface area contributed by atoms with Gasteiger partial charge >= 0.3 is 0 Å². The number of carbonyl (C=O) groups excluding carboxylic acids is 2. The number of ketones is 2. The van der Waals surface area contributed by atoms with Crippen LogP contribution < -0.4 is 10.6 Å². The lowest BCUT2D eigenvalue weighted by Gasteiger charge is -2.23. The highest BCUT2D eigenvalue weighted by Gasteiger charge is 2.37. The van der Waals surface area contributed by atoms with Crippen molar-refractivity contribution in [2.75, 3.05) is 24.9 Å². The molecule has 0 radical (unpaired) electrons. The summed E-state index contributed by atoms with van der Waals surface area (Å²) >= 11 is 0. The van der Waals surface area contributed by atoms with Crippen molar-refractivity contribution in [1.82, 2.24) is 0 Å². The number of Topliss-reactive ketones (excluding diaryl/α,β-unsaturated/α-hetero) is 2. The topological polar surface area (TPSA) is 76.7 Å². The maximum absolute atomic E-state index is 13.0. The second kappa shape index (κ2) is 8.00. The molecule has 0 amide bonds. The van der Waals surface area contributed by atoms with Crippen LogP contribution in [-0.2, 0) is 19.1 Å². The number of methoxy groups -OCH3 is 2. The summed E-state index contributed by atoms with van der Waals surface area (Å²) in [5, 5.41) is 5.98. The third kappa shape index (κ3) is 3.76. The van der Waals surface area contributed by atoms with Gasteiger partial charge in [-0.1, -0.05) is 35.4 Å². The van der Waals surface area contributed by atoms with Gasteiger partial charge in [0.25, 0.3) is 0 Å². The van der Waals surface area contributed by atoms with Gasteiger partial charge in [0.05, 0.1) is 14.2 Å². The molecule has 0 atom stereocenters. The average Bonchev–Trinajstić information content (AvgIpc) is 2.69. The first-order valence-electron chi connectivity index (χ1n) is 8.78. The molecule has 1 aliphatic carbocycles. The van der Waals surface area contributed by atoms with Gasteiger partial charge in [-0.3, -0.25) is 9.59 Å². The van der Waals surface area contributed by atoms with Crippen LogP contribution in [0.3, 0.4) is 0 Å². The van der Waals surface area contributed by atoms with Crippen molar-refractivity contribution < 1.29 is 19.1 Å². The van der Waals surface area contributed by atoms with Gasteiger partial charge in [-0.25, -0.2) is 0 Å².